The van der Waals surface area contributed by atoms with E-state index in [2.05, 4.69) is 5.32 Å². The summed E-state index contributed by atoms with van der Waals surface area (Å²) >= 11 is 4.97. The molecule has 2 amide bonds. The molecule has 104 valence electrons. The van der Waals surface area contributed by atoms with Crippen molar-refractivity contribution in [2.45, 2.75) is 6.92 Å². The van der Waals surface area contributed by atoms with E-state index in [1.165, 1.54) is 11.8 Å². The van der Waals surface area contributed by atoms with Crippen molar-refractivity contribution >= 4 is 40.9 Å². The van der Waals surface area contributed by atoms with Gasteiger partial charge in [-0.3, -0.25) is 19.8 Å². The summed E-state index contributed by atoms with van der Waals surface area (Å²) in [4.78, 5) is 26.5. The van der Waals surface area contributed by atoms with Crippen molar-refractivity contribution < 1.29 is 9.59 Å². The van der Waals surface area contributed by atoms with Crippen LogP contribution in [0.2, 0.25) is 0 Å². The highest BCUT2D eigenvalue weighted by Gasteiger charge is 2.32. The van der Waals surface area contributed by atoms with Crippen LogP contribution >= 0.6 is 12.2 Å². The van der Waals surface area contributed by atoms with Crippen LogP contribution < -0.4 is 10.2 Å². The van der Waals surface area contributed by atoms with Crippen LogP contribution in [0, 0.1) is 0 Å². The van der Waals surface area contributed by atoms with E-state index in [-0.39, 0.29) is 22.6 Å². The van der Waals surface area contributed by atoms with Crippen molar-refractivity contribution in [3.05, 3.63) is 35.5 Å². The van der Waals surface area contributed by atoms with Gasteiger partial charge in [0.1, 0.15) is 5.70 Å². The fraction of sp³-hybridized carbons (Fsp3) is 0.214. The molecule has 1 fully saturated rings. The number of rotatable bonds is 2. The second kappa shape index (κ2) is 5.42. The number of thiocarbonyl (C=S) groups is 1. The van der Waals surface area contributed by atoms with Crippen LogP contribution in [-0.2, 0) is 9.59 Å². The van der Waals surface area contributed by atoms with Gasteiger partial charge < -0.3 is 4.90 Å². The molecule has 0 aromatic heterocycles. The molecule has 2 rings (SSSR count). The molecule has 1 aliphatic heterocycles. The van der Waals surface area contributed by atoms with Crippen molar-refractivity contribution in [3.63, 3.8) is 0 Å². The molecule has 1 heterocycles. The smallest absolute Gasteiger partial charge is 0.274 e. The second-order valence-electron chi connectivity index (χ2n) is 4.63. The van der Waals surface area contributed by atoms with Gasteiger partial charge >= 0.3 is 0 Å². The summed E-state index contributed by atoms with van der Waals surface area (Å²) in [7, 11) is 3.90. The molecule has 1 aromatic carbocycles. The molecule has 0 bridgehead atoms. The number of hydrogen-bond donors (Lipinski definition) is 1. The van der Waals surface area contributed by atoms with Crippen LogP contribution in [0.4, 0.5) is 5.69 Å². The van der Waals surface area contributed by atoms with E-state index in [4.69, 9.17) is 12.2 Å². The first-order valence-corrected chi connectivity index (χ1v) is 6.46. The minimum atomic E-state index is -0.359. The highest BCUT2D eigenvalue weighted by molar-refractivity contribution is 7.80. The Balaban J connectivity index is 2.35. The lowest BCUT2D eigenvalue weighted by molar-refractivity contribution is -0.125. The molecule has 1 aliphatic rings. The zero-order valence-corrected chi connectivity index (χ0v) is 12.3. The van der Waals surface area contributed by atoms with E-state index in [0.29, 0.717) is 0 Å². The molecule has 1 aromatic rings. The molecule has 0 aliphatic carbocycles. The predicted molar refractivity (Wildman–Crippen MR) is 82.0 cm³/mol. The molecule has 0 radical (unpaired) electrons. The quantitative estimate of drug-likeness (QED) is 0.660. The van der Waals surface area contributed by atoms with E-state index < -0.39 is 0 Å². The largest absolute Gasteiger partial charge is 0.378 e. The fourth-order valence-electron chi connectivity index (χ4n) is 1.90. The summed E-state index contributed by atoms with van der Waals surface area (Å²) in [6, 6.07) is 7.65. The standard InChI is InChI=1S/C14H15N3O2S/c1-9(18)17-12(13(19)15-14(17)20)8-10-4-6-11(7-5-10)16(2)3/h4-8H,1-3H3,(H,15,19,20). The second-order valence-corrected chi connectivity index (χ2v) is 5.02. The molecule has 5 nitrogen and oxygen atoms in total. The Hall–Kier alpha value is -2.21. The van der Waals surface area contributed by atoms with Gasteiger partial charge in [0, 0.05) is 26.7 Å². The topological polar surface area (TPSA) is 52.7 Å². The Morgan fingerprint density at radius 1 is 1.30 bits per heavy atom. The SMILES string of the molecule is CC(=O)N1C(=S)NC(=O)C1=Cc1ccc(N(C)C)cc1. The first kappa shape index (κ1) is 14.2. The third-order valence-electron chi connectivity index (χ3n) is 2.92. The summed E-state index contributed by atoms with van der Waals surface area (Å²) < 4.78 is 0. The van der Waals surface area contributed by atoms with E-state index in [9.17, 15) is 9.59 Å². The first-order chi connectivity index (χ1) is 9.40. The van der Waals surface area contributed by atoms with Gasteiger partial charge in [0.05, 0.1) is 0 Å². The van der Waals surface area contributed by atoms with Crippen LogP contribution in [0.5, 0.6) is 0 Å². The number of hydrogen-bond acceptors (Lipinski definition) is 4. The van der Waals surface area contributed by atoms with Crippen LogP contribution in [0.15, 0.2) is 30.0 Å². The Labute approximate surface area is 122 Å². The van der Waals surface area contributed by atoms with Crippen LogP contribution in [0.1, 0.15) is 12.5 Å². The van der Waals surface area contributed by atoms with Gasteiger partial charge in [-0.1, -0.05) is 12.1 Å². The fourth-order valence-corrected chi connectivity index (χ4v) is 2.22. The van der Waals surface area contributed by atoms with Crippen molar-refractivity contribution in [1.82, 2.24) is 10.2 Å². The highest BCUT2D eigenvalue weighted by atomic mass is 32.1. The number of amides is 2. The number of anilines is 1. The number of carbonyl (C=O) groups is 2. The van der Waals surface area contributed by atoms with Crippen molar-refractivity contribution in [2.24, 2.45) is 0 Å². The maximum Gasteiger partial charge on any atom is 0.274 e. The zero-order valence-electron chi connectivity index (χ0n) is 11.5. The average Bonchev–Trinajstić information content (AvgIpc) is 2.64. The van der Waals surface area contributed by atoms with E-state index in [1.54, 1.807) is 6.08 Å². The van der Waals surface area contributed by atoms with Gasteiger partial charge in [0.2, 0.25) is 5.91 Å². The van der Waals surface area contributed by atoms with Crippen LogP contribution in [0.25, 0.3) is 6.08 Å². The van der Waals surface area contributed by atoms with Gasteiger partial charge in [-0.25, -0.2) is 0 Å². The molecule has 0 spiro atoms. The number of nitrogens with one attached hydrogen (secondary N) is 1. The third-order valence-corrected chi connectivity index (χ3v) is 3.21. The van der Waals surface area contributed by atoms with Crippen molar-refractivity contribution in [3.8, 4) is 0 Å². The molecular weight excluding hydrogens is 274 g/mol. The minimum absolute atomic E-state index is 0.124. The summed E-state index contributed by atoms with van der Waals surface area (Å²) in [6.07, 6.45) is 1.65. The normalized spacial score (nSPS) is 16.6. The van der Waals surface area contributed by atoms with Crippen molar-refractivity contribution in [1.29, 1.82) is 0 Å². The lowest BCUT2D eigenvalue weighted by Crippen LogP contribution is -2.31. The summed E-state index contributed by atoms with van der Waals surface area (Å²) in [5, 5.41) is 2.59. The number of benzene rings is 1. The Bertz CT molecular complexity index is 605. The van der Waals surface area contributed by atoms with Crippen LogP contribution in [0.3, 0.4) is 0 Å². The van der Waals surface area contributed by atoms with E-state index in [1.807, 2.05) is 43.3 Å². The van der Waals surface area contributed by atoms with Crippen molar-refractivity contribution in [2.75, 3.05) is 19.0 Å². The average molecular weight is 289 g/mol. The summed E-state index contributed by atoms with van der Waals surface area (Å²) in [6.45, 7) is 1.37. The Morgan fingerprint density at radius 2 is 1.90 bits per heavy atom. The van der Waals surface area contributed by atoms with Gasteiger partial charge in [0.15, 0.2) is 5.11 Å². The molecule has 0 unspecified atom stereocenters. The molecule has 0 atom stereocenters. The van der Waals surface area contributed by atoms with Gasteiger partial charge in [-0.15, -0.1) is 0 Å². The maximum atomic E-state index is 11.8. The third kappa shape index (κ3) is 2.70. The highest BCUT2D eigenvalue weighted by Crippen LogP contribution is 2.19. The van der Waals surface area contributed by atoms with Gasteiger partial charge in [0.25, 0.3) is 5.91 Å². The summed E-state index contributed by atoms with van der Waals surface area (Å²) in [5.74, 6) is -0.647. The monoisotopic (exact) mass is 289 g/mol. The molecule has 1 saturated heterocycles. The number of nitrogens with zero attached hydrogens (tertiary/aromatic N) is 2. The van der Waals surface area contributed by atoms with E-state index >= 15 is 0 Å². The Morgan fingerprint density at radius 3 is 2.40 bits per heavy atom. The van der Waals surface area contributed by atoms with E-state index in [0.717, 1.165) is 11.3 Å². The van der Waals surface area contributed by atoms with Gasteiger partial charge in [-0.2, -0.15) is 0 Å². The molecule has 0 saturated carbocycles. The Kier molecular flexibility index (Phi) is 3.85. The molecule has 1 N–H and O–H groups in total. The lowest BCUT2D eigenvalue weighted by atomic mass is 10.1. The summed E-state index contributed by atoms with van der Waals surface area (Å²) in [5.41, 5.74) is 2.14. The predicted octanol–water partition coefficient (Wildman–Crippen LogP) is 1.36. The maximum absolute atomic E-state index is 11.8. The number of carbonyl (C=O) groups excluding carboxylic acids is 2. The minimum Gasteiger partial charge on any atom is -0.378 e. The van der Waals surface area contributed by atoms with Gasteiger partial charge in [-0.05, 0) is 36.0 Å². The molecule has 6 heteroatoms. The zero-order chi connectivity index (χ0) is 14.9. The first-order valence-electron chi connectivity index (χ1n) is 6.05. The lowest BCUT2D eigenvalue weighted by Gasteiger charge is -2.13. The molecule has 20 heavy (non-hydrogen) atoms. The molecular formula is C14H15N3O2S. The van der Waals surface area contributed by atoms with Crippen LogP contribution in [-0.4, -0.2) is 35.9 Å².